The summed E-state index contributed by atoms with van der Waals surface area (Å²) >= 11 is 0. The van der Waals surface area contributed by atoms with Gasteiger partial charge in [-0.1, -0.05) is 0 Å². The smallest absolute Gasteiger partial charge is 0.417 e. The van der Waals surface area contributed by atoms with Crippen LogP contribution in [0.4, 0.5) is 13.2 Å². The Bertz CT molecular complexity index is 996. The van der Waals surface area contributed by atoms with Crippen LogP contribution < -0.4 is 0 Å². The predicted molar refractivity (Wildman–Crippen MR) is 73.1 cm³/mol. The number of hydrogen-bond donors (Lipinski definition) is 0. The predicted octanol–water partition coefficient (Wildman–Crippen LogP) is 2.71. The molecule has 6 nitrogen and oxygen atoms in total. The van der Waals surface area contributed by atoms with Gasteiger partial charge in [0.15, 0.2) is 9.84 Å². The summed E-state index contributed by atoms with van der Waals surface area (Å²) in [5.41, 5.74) is -1.10. The molecule has 0 atom stereocenters. The van der Waals surface area contributed by atoms with Crippen LogP contribution in [0.1, 0.15) is 5.56 Å². The average molecular weight is 343 g/mol. The molecule has 0 bridgehead atoms. The van der Waals surface area contributed by atoms with E-state index in [2.05, 4.69) is 15.0 Å². The molecule has 3 aromatic heterocycles. The standard InChI is InChI=1S/C13H8F3N3O3S/c1-23(20,21)10-6-17-3-2-8(10)11-19-9-4-7(13(14,15)16)5-18-12(9)22-11/h2-6H,1H3. The van der Waals surface area contributed by atoms with Crippen LogP contribution in [0.5, 0.6) is 0 Å². The van der Waals surface area contributed by atoms with Crippen LogP contribution in [-0.2, 0) is 16.0 Å². The quantitative estimate of drug-likeness (QED) is 0.711. The van der Waals surface area contributed by atoms with Gasteiger partial charge in [0, 0.05) is 24.8 Å². The first kappa shape index (κ1) is 15.4. The summed E-state index contributed by atoms with van der Waals surface area (Å²) < 4.78 is 66.8. The van der Waals surface area contributed by atoms with E-state index in [-0.39, 0.29) is 27.6 Å². The Morgan fingerprint density at radius 2 is 1.96 bits per heavy atom. The molecule has 0 aliphatic carbocycles. The van der Waals surface area contributed by atoms with E-state index in [1.807, 2.05) is 0 Å². The van der Waals surface area contributed by atoms with E-state index in [0.29, 0.717) is 6.20 Å². The number of nitrogens with zero attached hydrogens (tertiary/aromatic N) is 3. The molecule has 0 fully saturated rings. The van der Waals surface area contributed by atoms with E-state index in [1.54, 1.807) is 0 Å². The number of aromatic nitrogens is 3. The molecule has 0 saturated carbocycles. The molecule has 0 aliphatic heterocycles. The molecular weight excluding hydrogens is 335 g/mol. The number of hydrogen-bond acceptors (Lipinski definition) is 6. The Labute approximate surface area is 127 Å². The topological polar surface area (TPSA) is 86.0 Å². The van der Waals surface area contributed by atoms with Crippen molar-refractivity contribution in [3.8, 4) is 11.5 Å². The van der Waals surface area contributed by atoms with Gasteiger partial charge in [0.2, 0.25) is 11.6 Å². The first-order chi connectivity index (χ1) is 10.7. The normalized spacial score (nSPS) is 12.7. The lowest BCUT2D eigenvalue weighted by molar-refractivity contribution is -0.137. The van der Waals surface area contributed by atoms with Gasteiger partial charge in [-0.15, -0.1) is 0 Å². The largest absolute Gasteiger partial charge is 0.418 e. The van der Waals surface area contributed by atoms with Crippen molar-refractivity contribution >= 4 is 21.1 Å². The van der Waals surface area contributed by atoms with Gasteiger partial charge in [-0.3, -0.25) is 4.98 Å². The minimum Gasteiger partial charge on any atom is -0.418 e. The first-order valence-electron chi connectivity index (χ1n) is 6.14. The Kier molecular flexibility index (Phi) is 3.36. The van der Waals surface area contributed by atoms with E-state index < -0.39 is 21.6 Å². The third-order valence-electron chi connectivity index (χ3n) is 2.99. The highest BCUT2D eigenvalue weighted by Crippen LogP contribution is 2.32. The number of rotatable bonds is 2. The zero-order valence-corrected chi connectivity index (χ0v) is 12.3. The van der Waals surface area contributed by atoms with Crippen molar-refractivity contribution in [3.63, 3.8) is 0 Å². The highest BCUT2D eigenvalue weighted by Gasteiger charge is 2.32. The van der Waals surface area contributed by atoms with Gasteiger partial charge < -0.3 is 4.42 Å². The van der Waals surface area contributed by atoms with Gasteiger partial charge in [-0.05, 0) is 12.1 Å². The number of oxazole rings is 1. The molecule has 3 rings (SSSR count). The van der Waals surface area contributed by atoms with Crippen LogP contribution in [0.25, 0.3) is 22.7 Å². The second-order valence-electron chi connectivity index (χ2n) is 4.71. The lowest BCUT2D eigenvalue weighted by Crippen LogP contribution is -2.04. The molecule has 120 valence electrons. The molecule has 3 heterocycles. The molecule has 0 spiro atoms. The molecule has 0 N–H and O–H groups in total. The Balaban J connectivity index is 2.20. The maximum Gasteiger partial charge on any atom is 0.417 e. The summed E-state index contributed by atoms with van der Waals surface area (Å²) in [6.07, 6.45) is -0.506. The van der Waals surface area contributed by atoms with Gasteiger partial charge in [-0.2, -0.15) is 13.2 Å². The maximum atomic E-state index is 12.7. The Morgan fingerprint density at radius 1 is 1.22 bits per heavy atom. The molecule has 3 aromatic rings. The third-order valence-corrected chi connectivity index (χ3v) is 4.11. The number of halogens is 3. The monoisotopic (exact) mass is 343 g/mol. The fourth-order valence-electron chi connectivity index (χ4n) is 1.95. The van der Waals surface area contributed by atoms with Crippen molar-refractivity contribution < 1.29 is 26.0 Å². The fourth-order valence-corrected chi connectivity index (χ4v) is 2.75. The molecule has 23 heavy (non-hydrogen) atoms. The van der Waals surface area contributed by atoms with Crippen molar-refractivity contribution in [2.75, 3.05) is 6.26 Å². The van der Waals surface area contributed by atoms with Crippen LogP contribution in [0.3, 0.4) is 0 Å². The second kappa shape index (κ2) is 5.01. The summed E-state index contributed by atoms with van der Waals surface area (Å²) in [4.78, 5) is 11.1. The summed E-state index contributed by atoms with van der Waals surface area (Å²) in [7, 11) is -3.61. The van der Waals surface area contributed by atoms with Crippen molar-refractivity contribution in [2.24, 2.45) is 0 Å². The summed E-state index contributed by atoms with van der Waals surface area (Å²) in [5, 5.41) is 0. The summed E-state index contributed by atoms with van der Waals surface area (Å²) in [6, 6.07) is 2.14. The van der Waals surface area contributed by atoms with Gasteiger partial charge in [0.05, 0.1) is 16.0 Å². The van der Waals surface area contributed by atoms with Gasteiger partial charge in [-0.25, -0.2) is 18.4 Å². The zero-order chi connectivity index (χ0) is 16.8. The van der Waals surface area contributed by atoms with E-state index in [9.17, 15) is 21.6 Å². The maximum absolute atomic E-state index is 12.7. The third kappa shape index (κ3) is 2.89. The Hall–Kier alpha value is -2.49. The first-order valence-corrected chi connectivity index (χ1v) is 8.03. The van der Waals surface area contributed by atoms with Crippen molar-refractivity contribution in [2.45, 2.75) is 11.1 Å². The summed E-state index contributed by atoms with van der Waals surface area (Å²) in [6.45, 7) is 0. The minimum absolute atomic E-state index is 0.106. The molecule has 0 unspecified atom stereocenters. The second-order valence-corrected chi connectivity index (χ2v) is 6.69. The number of alkyl halides is 3. The van der Waals surface area contributed by atoms with Gasteiger partial charge in [0.1, 0.15) is 5.52 Å². The van der Waals surface area contributed by atoms with Crippen LogP contribution in [-0.4, -0.2) is 29.6 Å². The van der Waals surface area contributed by atoms with Crippen LogP contribution in [0, 0.1) is 0 Å². The number of sulfone groups is 1. The van der Waals surface area contributed by atoms with Gasteiger partial charge in [0.25, 0.3) is 0 Å². The van der Waals surface area contributed by atoms with E-state index in [0.717, 1.165) is 18.5 Å². The highest BCUT2D eigenvalue weighted by molar-refractivity contribution is 7.90. The number of fused-ring (bicyclic) bond motifs is 1. The molecule has 0 aliphatic rings. The van der Waals surface area contributed by atoms with Crippen molar-refractivity contribution in [1.29, 1.82) is 0 Å². The SMILES string of the molecule is CS(=O)(=O)c1cnccc1-c1nc2cc(C(F)(F)F)cnc2o1. The van der Waals surface area contributed by atoms with Crippen LogP contribution >= 0.6 is 0 Å². The van der Waals surface area contributed by atoms with Crippen molar-refractivity contribution in [1.82, 2.24) is 15.0 Å². The van der Waals surface area contributed by atoms with Crippen molar-refractivity contribution in [3.05, 3.63) is 36.3 Å². The average Bonchev–Trinajstić information content (AvgIpc) is 2.88. The lowest BCUT2D eigenvalue weighted by atomic mass is 10.2. The molecule has 0 radical (unpaired) electrons. The molecule has 0 saturated heterocycles. The molecule has 10 heteroatoms. The van der Waals surface area contributed by atoms with Gasteiger partial charge >= 0.3 is 6.18 Å². The van der Waals surface area contributed by atoms with Crippen LogP contribution in [0.2, 0.25) is 0 Å². The van der Waals surface area contributed by atoms with E-state index in [1.165, 1.54) is 12.3 Å². The molecular formula is C13H8F3N3O3S. The fraction of sp³-hybridized carbons (Fsp3) is 0.154. The lowest BCUT2D eigenvalue weighted by Gasteiger charge is -2.03. The Morgan fingerprint density at radius 3 is 2.61 bits per heavy atom. The van der Waals surface area contributed by atoms with E-state index >= 15 is 0 Å². The van der Waals surface area contributed by atoms with Crippen LogP contribution in [0.15, 0.2) is 40.0 Å². The summed E-state index contributed by atoms with van der Waals surface area (Å²) in [5.74, 6) is -0.144. The zero-order valence-electron chi connectivity index (χ0n) is 11.5. The molecule has 0 amide bonds. The molecule has 0 aromatic carbocycles. The number of pyridine rings is 2. The minimum atomic E-state index is -4.56. The van der Waals surface area contributed by atoms with E-state index in [4.69, 9.17) is 4.42 Å². The highest BCUT2D eigenvalue weighted by atomic mass is 32.2.